The smallest absolute Gasteiger partial charge is 0.338 e. The number of anilines is 1. The van der Waals surface area contributed by atoms with Crippen molar-refractivity contribution in [2.24, 2.45) is 4.99 Å². The molecule has 43 heavy (non-hydrogen) atoms. The Hall–Kier alpha value is -4.33. The Bertz CT molecular complexity index is 1960. The van der Waals surface area contributed by atoms with E-state index < -0.39 is 12.0 Å². The molecule has 0 spiro atoms. The monoisotopic (exact) mass is 619 g/mol. The van der Waals surface area contributed by atoms with Crippen molar-refractivity contribution < 1.29 is 19.2 Å². The van der Waals surface area contributed by atoms with Crippen LogP contribution in [0.15, 0.2) is 62.8 Å². The summed E-state index contributed by atoms with van der Waals surface area (Å²) in [5.74, 6) is -0.522. The average Bonchev–Trinajstić information content (AvgIpc) is 3.71. The molecular weight excluding hydrogens is 590 g/mol. The van der Waals surface area contributed by atoms with E-state index in [9.17, 15) is 19.7 Å². The van der Waals surface area contributed by atoms with Crippen LogP contribution in [0.3, 0.4) is 0 Å². The van der Waals surface area contributed by atoms with Gasteiger partial charge in [-0.1, -0.05) is 17.4 Å². The summed E-state index contributed by atoms with van der Waals surface area (Å²) in [7, 11) is 1.32. The number of thiophene rings is 1. The number of esters is 1. The lowest BCUT2D eigenvalue weighted by Gasteiger charge is -2.28. The lowest BCUT2D eigenvalue weighted by molar-refractivity contribution is -0.384. The molecule has 1 aromatic carbocycles. The summed E-state index contributed by atoms with van der Waals surface area (Å²) in [5.41, 5.74) is 4.36. The number of carbonyl (C=O) groups is 1. The average molecular weight is 620 g/mol. The number of methoxy groups -OCH3 is 1. The molecule has 0 bridgehead atoms. The molecule has 3 aromatic heterocycles. The molecule has 1 saturated heterocycles. The van der Waals surface area contributed by atoms with Gasteiger partial charge >= 0.3 is 5.97 Å². The quantitative estimate of drug-likeness (QED) is 0.184. The van der Waals surface area contributed by atoms with Crippen LogP contribution in [-0.4, -0.2) is 53.4 Å². The molecule has 1 atom stereocenters. The van der Waals surface area contributed by atoms with Gasteiger partial charge in [0, 0.05) is 35.4 Å². The number of fused-ring (bicyclic) bond motifs is 1. The first-order chi connectivity index (χ1) is 20.7. The molecule has 0 aliphatic carbocycles. The summed E-state index contributed by atoms with van der Waals surface area (Å²) in [6, 6.07) is 10.4. The van der Waals surface area contributed by atoms with Gasteiger partial charge in [0.15, 0.2) is 4.80 Å². The summed E-state index contributed by atoms with van der Waals surface area (Å²) in [4.78, 5) is 46.3. The van der Waals surface area contributed by atoms with Crippen LogP contribution in [-0.2, 0) is 14.3 Å². The van der Waals surface area contributed by atoms with E-state index in [1.165, 1.54) is 29.8 Å². The Morgan fingerprint density at radius 2 is 1.95 bits per heavy atom. The van der Waals surface area contributed by atoms with Gasteiger partial charge < -0.3 is 18.9 Å². The number of allylic oxidation sites excluding steroid dienone is 1. The Morgan fingerprint density at radius 1 is 1.19 bits per heavy atom. The maximum Gasteiger partial charge on any atom is 0.338 e. The second-order valence-electron chi connectivity index (χ2n) is 10.3. The number of hydrogen-bond acceptors (Lipinski definition) is 10. The molecule has 5 heterocycles. The van der Waals surface area contributed by atoms with Crippen LogP contribution in [0.4, 0.5) is 11.4 Å². The molecule has 4 aromatic rings. The normalized spacial score (nSPS) is 17.2. The third-order valence-electron chi connectivity index (χ3n) is 7.76. The van der Waals surface area contributed by atoms with E-state index >= 15 is 0 Å². The first-order valence-electron chi connectivity index (χ1n) is 13.6. The maximum absolute atomic E-state index is 13.9. The molecule has 11 nitrogen and oxygen atoms in total. The Kier molecular flexibility index (Phi) is 7.63. The third kappa shape index (κ3) is 5.02. The number of benzene rings is 1. The van der Waals surface area contributed by atoms with E-state index in [2.05, 4.69) is 4.99 Å². The number of hydrogen-bond donors (Lipinski definition) is 0. The number of nitro groups is 1. The molecule has 1 unspecified atom stereocenters. The van der Waals surface area contributed by atoms with Gasteiger partial charge in [-0.3, -0.25) is 19.5 Å². The van der Waals surface area contributed by atoms with Gasteiger partial charge in [-0.05, 0) is 62.1 Å². The summed E-state index contributed by atoms with van der Waals surface area (Å²) >= 11 is 2.72. The van der Waals surface area contributed by atoms with E-state index in [4.69, 9.17) is 9.47 Å². The van der Waals surface area contributed by atoms with Gasteiger partial charge in [-0.25, -0.2) is 9.79 Å². The number of carbonyl (C=O) groups excluding carboxylic acids is 1. The van der Waals surface area contributed by atoms with Gasteiger partial charge in [0.25, 0.3) is 11.2 Å². The minimum Gasteiger partial charge on any atom is -0.466 e. The van der Waals surface area contributed by atoms with Crippen molar-refractivity contribution in [3.63, 3.8) is 0 Å². The zero-order valence-electron chi connectivity index (χ0n) is 24.0. The van der Waals surface area contributed by atoms with Crippen molar-refractivity contribution >= 4 is 46.1 Å². The lowest BCUT2D eigenvalue weighted by Crippen LogP contribution is -2.39. The molecule has 0 radical (unpaired) electrons. The number of aromatic nitrogens is 2. The van der Waals surface area contributed by atoms with Crippen LogP contribution in [0.1, 0.15) is 34.8 Å². The van der Waals surface area contributed by atoms with Crippen LogP contribution in [0.2, 0.25) is 0 Å². The van der Waals surface area contributed by atoms with Crippen LogP contribution < -0.4 is 19.8 Å². The van der Waals surface area contributed by atoms with E-state index in [0.29, 0.717) is 58.3 Å². The Labute approximate surface area is 254 Å². The van der Waals surface area contributed by atoms with Crippen LogP contribution in [0.25, 0.3) is 11.8 Å². The van der Waals surface area contributed by atoms with Crippen molar-refractivity contribution in [1.29, 1.82) is 0 Å². The highest BCUT2D eigenvalue weighted by Gasteiger charge is 2.33. The number of morpholine rings is 1. The van der Waals surface area contributed by atoms with Crippen molar-refractivity contribution in [1.82, 2.24) is 9.13 Å². The van der Waals surface area contributed by atoms with Gasteiger partial charge in [0.05, 0.1) is 46.7 Å². The minimum atomic E-state index is -0.635. The molecule has 222 valence electrons. The van der Waals surface area contributed by atoms with Crippen molar-refractivity contribution in [2.45, 2.75) is 26.8 Å². The van der Waals surface area contributed by atoms with Crippen molar-refractivity contribution in [3.8, 4) is 5.69 Å². The van der Waals surface area contributed by atoms with Crippen LogP contribution in [0, 0.1) is 24.0 Å². The summed E-state index contributed by atoms with van der Waals surface area (Å²) in [6.07, 6.45) is 1.82. The first-order valence-corrected chi connectivity index (χ1v) is 15.3. The number of nitrogens with zero attached hydrogens (tertiary/aromatic N) is 5. The fourth-order valence-corrected chi connectivity index (χ4v) is 7.61. The van der Waals surface area contributed by atoms with Crippen LogP contribution >= 0.6 is 22.7 Å². The number of rotatable bonds is 6. The molecule has 13 heteroatoms. The standard InChI is InChI=1S/C30H29N5O6S2/c1-17-14-20(19(3)33(17)21-7-8-22(23(16-21)35(38)39)32-9-11-41-12-10-32)15-25-28(36)34-27(24-6-5-13-42-24)26(29(37)40-4)18(2)31-30(34)43-25/h5-8,13-16,27H,9-12H2,1-4H3. The van der Waals surface area contributed by atoms with Gasteiger partial charge in [-0.15, -0.1) is 11.3 Å². The molecule has 0 amide bonds. The van der Waals surface area contributed by atoms with E-state index in [0.717, 1.165) is 21.8 Å². The predicted molar refractivity (Wildman–Crippen MR) is 165 cm³/mol. The third-order valence-corrected chi connectivity index (χ3v) is 9.67. The highest BCUT2D eigenvalue weighted by molar-refractivity contribution is 7.10. The highest BCUT2D eigenvalue weighted by atomic mass is 32.1. The SMILES string of the molecule is COC(=O)C1=C(C)N=c2sc(=Cc3cc(C)n(-c4ccc(N5CCOCC5)c([N+](=O)[O-])c4)c3C)c(=O)n2C1c1cccs1. The molecule has 6 rings (SSSR count). The maximum atomic E-state index is 13.9. The zero-order valence-corrected chi connectivity index (χ0v) is 25.7. The summed E-state index contributed by atoms with van der Waals surface area (Å²) < 4.78 is 14.5. The Balaban J connectivity index is 1.44. The summed E-state index contributed by atoms with van der Waals surface area (Å²) in [6.45, 7) is 7.85. The minimum absolute atomic E-state index is 0.0344. The predicted octanol–water partition coefficient (Wildman–Crippen LogP) is 3.62. The molecule has 0 N–H and O–H groups in total. The topological polar surface area (TPSA) is 121 Å². The first kappa shape index (κ1) is 28.8. The Morgan fingerprint density at radius 3 is 2.63 bits per heavy atom. The summed E-state index contributed by atoms with van der Waals surface area (Å²) in [5, 5.41) is 14.0. The number of ether oxygens (including phenoxy) is 2. The van der Waals surface area contributed by atoms with Gasteiger partial charge in [-0.2, -0.15) is 0 Å². The number of nitro benzene ring substituents is 1. The number of aryl methyl sites for hydroxylation is 1. The fraction of sp³-hybridized carbons (Fsp3) is 0.300. The lowest BCUT2D eigenvalue weighted by atomic mass is 10.0. The molecular formula is C30H29N5O6S2. The molecule has 0 saturated carbocycles. The zero-order chi connectivity index (χ0) is 30.4. The van der Waals surface area contributed by atoms with Gasteiger partial charge in [0.2, 0.25) is 0 Å². The van der Waals surface area contributed by atoms with Crippen molar-refractivity contribution in [2.75, 3.05) is 38.3 Å². The number of thiazole rings is 1. The van der Waals surface area contributed by atoms with Crippen molar-refractivity contribution in [3.05, 3.63) is 105 Å². The molecule has 2 aliphatic heterocycles. The second kappa shape index (κ2) is 11.4. The highest BCUT2D eigenvalue weighted by Crippen LogP contribution is 2.34. The van der Waals surface area contributed by atoms with Gasteiger partial charge in [0.1, 0.15) is 11.7 Å². The van der Waals surface area contributed by atoms with Crippen LogP contribution in [0.5, 0.6) is 0 Å². The fourth-order valence-electron chi connectivity index (χ4n) is 5.75. The van der Waals surface area contributed by atoms with E-state index in [-0.39, 0.29) is 16.2 Å². The van der Waals surface area contributed by atoms with E-state index in [1.54, 1.807) is 23.6 Å². The molecule has 2 aliphatic rings. The molecule has 1 fully saturated rings. The second-order valence-corrected chi connectivity index (χ2v) is 12.3. The van der Waals surface area contributed by atoms with E-state index in [1.807, 2.05) is 59.0 Å². The largest absolute Gasteiger partial charge is 0.466 e.